The molecule has 0 saturated carbocycles. The first kappa shape index (κ1) is 18.4. The molecule has 5 nitrogen and oxygen atoms in total. The number of aryl methyl sites for hydroxylation is 1. The fourth-order valence-electron chi connectivity index (χ4n) is 2.99. The number of pyridine rings is 1. The average molecular weight is 391 g/mol. The summed E-state index contributed by atoms with van der Waals surface area (Å²) in [4.78, 5) is 16.8. The van der Waals surface area contributed by atoms with Gasteiger partial charge in [0.05, 0.1) is 18.3 Å². The van der Waals surface area contributed by atoms with E-state index in [2.05, 4.69) is 41.5 Å². The molecular formula is C22H21N3O2S. The van der Waals surface area contributed by atoms with Crippen LogP contribution in [0.5, 0.6) is 0 Å². The highest BCUT2D eigenvalue weighted by atomic mass is 32.2. The highest BCUT2D eigenvalue weighted by molar-refractivity contribution is 7.98. The van der Waals surface area contributed by atoms with Gasteiger partial charge in [-0.3, -0.25) is 4.79 Å². The Labute approximate surface area is 167 Å². The van der Waals surface area contributed by atoms with Gasteiger partial charge in [-0.25, -0.2) is 4.98 Å². The molecule has 0 aliphatic carbocycles. The van der Waals surface area contributed by atoms with Crippen LogP contribution in [0.2, 0.25) is 0 Å². The number of hydrogen-bond acceptors (Lipinski definition) is 4. The maximum atomic E-state index is 12.3. The van der Waals surface area contributed by atoms with Crippen LogP contribution in [0, 0.1) is 6.92 Å². The van der Waals surface area contributed by atoms with Crippen LogP contribution >= 0.6 is 11.8 Å². The number of benzene rings is 1. The summed E-state index contributed by atoms with van der Waals surface area (Å²) in [5, 5.41) is 4.93. The van der Waals surface area contributed by atoms with Gasteiger partial charge in [0.2, 0.25) is 5.91 Å². The SMILES string of the molecule is Cc1ccc(CSc2nccc3c2ccn3CC(=O)NCc2ccco2)cc1. The maximum absolute atomic E-state index is 12.3. The van der Waals surface area contributed by atoms with Gasteiger partial charge in [-0.05, 0) is 36.8 Å². The van der Waals surface area contributed by atoms with E-state index in [0.29, 0.717) is 6.54 Å². The van der Waals surface area contributed by atoms with Crippen LogP contribution in [0.15, 0.2) is 76.6 Å². The Hall–Kier alpha value is -2.99. The summed E-state index contributed by atoms with van der Waals surface area (Å²) in [6.07, 6.45) is 5.34. The number of nitrogens with zero attached hydrogens (tertiary/aromatic N) is 2. The zero-order chi connectivity index (χ0) is 19.3. The Balaban J connectivity index is 1.43. The predicted molar refractivity (Wildman–Crippen MR) is 111 cm³/mol. The van der Waals surface area contributed by atoms with Crippen molar-refractivity contribution in [2.75, 3.05) is 0 Å². The van der Waals surface area contributed by atoms with E-state index in [0.717, 1.165) is 27.4 Å². The van der Waals surface area contributed by atoms with Gasteiger partial charge in [-0.1, -0.05) is 29.8 Å². The molecule has 3 aromatic heterocycles. The van der Waals surface area contributed by atoms with Gasteiger partial charge in [-0.15, -0.1) is 11.8 Å². The van der Waals surface area contributed by atoms with Gasteiger partial charge < -0.3 is 14.3 Å². The molecule has 0 unspecified atom stereocenters. The van der Waals surface area contributed by atoms with Gasteiger partial charge in [0.15, 0.2) is 0 Å². The standard InChI is InChI=1S/C22H21N3O2S/c1-16-4-6-17(7-5-16)15-28-22-19-9-11-25(20(19)8-10-23-22)14-21(26)24-13-18-3-2-12-27-18/h2-12H,13-15H2,1H3,(H,24,26). The van der Waals surface area contributed by atoms with Crippen LogP contribution in [-0.2, 0) is 23.6 Å². The number of aromatic nitrogens is 2. The molecule has 142 valence electrons. The topological polar surface area (TPSA) is 60.1 Å². The summed E-state index contributed by atoms with van der Waals surface area (Å²) in [5.74, 6) is 1.55. The number of carbonyl (C=O) groups excluding carboxylic acids is 1. The van der Waals surface area contributed by atoms with Crippen molar-refractivity contribution in [3.8, 4) is 0 Å². The Morgan fingerprint density at radius 3 is 2.82 bits per heavy atom. The van der Waals surface area contributed by atoms with Crippen LogP contribution in [0.25, 0.3) is 10.9 Å². The smallest absolute Gasteiger partial charge is 0.240 e. The summed E-state index contributed by atoms with van der Waals surface area (Å²) < 4.78 is 7.19. The number of amides is 1. The lowest BCUT2D eigenvalue weighted by Gasteiger charge is -2.07. The normalized spacial score (nSPS) is 11.0. The lowest BCUT2D eigenvalue weighted by atomic mass is 10.2. The molecule has 0 fully saturated rings. The van der Waals surface area contributed by atoms with Crippen LogP contribution in [-0.4, -0.2) is 15.5 Å². The molecule has 28 heavy (non-hydrogen) atoms. The van der Waals surface area contributed by atoms with Crippen LogP contribution in [0.4, 0.5) is 0 Å². The van der Waals surface area contributed by atoms with E-state index in [4.69, 9.17) is 4.42 Å². The van der Waals surface area contributed by atoms with Crippen molar-refractivity contribution in [2.45, 2.75) is 30.8 Å². The molecule has 0 aliphatic rings. The summed E-state index contributed by atoms with van der Waals surface area (Å²) in [7, 11) is 0. The molecule has 0 saturated heterocycles. The van der Waals surface area contributed by atoms with Crippen molar-refractivity contribution in [1.29, 1.82) is 0 Å². The molecule has 0 spiro atoms. The Morgan fingerprint density at radius 2 is 2.04 bits per heavy atom. The second kappa shape index (κ2) is 8.35. The van der Waals surface area contributed by atoms with Crippen molar-refractivity contribution >= 4 is 28.6 Å². The van der Waals surface area contributed by atoms with E-state index in [1.807, 2.05) is 35.0 Å². The highest BCUT2D eigenvalue weighted by Gasteiger charge is 2.11. The minimum atomic E-state index is -0.0560. The number of fused-ring (bicyclic) bond motifs is 1. The van der Waals surface area contributed by atoms with Crippen molar-refractivity contribution in [3.63, 3.8) is 0 Å². The predicted octanol–water partition coefficient (Wildman–Crippen LogP) is 4.55. The number of carbonyl (C=O) groups is 1. The number of nitrogens with one attached hydrogen (secondary N) is 1. The summed E-state index contributed by atoms with van der Waals surface area (Å²) >= 11 is 1.71. The third-order valence-corrected chi connectivity index (χ3v) is 5.59. The van der Waals surface area contributed by atoms with E-state index in [1.54, 1.807) is 24.2 Å². The second-order valence-electron chi connectivity index (χ2n) is 6.62. The van der Waals surface area contributed by atoms with Crippen molar-refractivity contribution in [1.82, 2.24) is 14.9 Å². The first-order valence-electron chi connectivity index (χ1n) is 9.10. The van der Waals surface area contributed by atoms with E-state index < -0.39 is 0 Å². The molecule has 0 aliphatic heterocycles. The Morgan fingerprint density at radius 1 is 1.18 bits per heavy atom. The molecule has 6 heteroatoms. The third-order valence-electron chi connectivity index (χ3n) is 4.51. The Kier molecular flexibility index (Phi) is 5.48. The van der Waals surface area contributed by atoms with E-state index >= 15 is 0 Å². The average Bonchev–Trinajstić information content (AvgIpc) is 3.36. The minimum Gasteiger partial charge on any atom is -0.467 e. The van der Waals surface area contributed by atoms with Gasteiger partial charge in [0, 0.05) is 23.5 Å². The van der Waals surface area contributed by atoms with E-state index in [9.17, 15) is 4.79 Å². The molecule has 4 aromatic rings. The zero-order valence-electron chi connectivity index (χ0n) is 15.6. The first-order chi connectivity index (χ1) is 13.7. The second-order valence-corrected chi connectivity index (χ2v) is 7.59. The van der Waals surface area contributed by atoms with Crippen LogP contribution in [0.1, 0.15) is 16.9 Å². The molecule has 0 atom stereocenters. The van der Waals surface area contributed by atoms with Crippen LogP contribution in [0.3, 0.4) is 0 Å². The van der Waals surface area contributed by atoms with E-state index in [1.165, 1.54) is 11.1 Å². The number of rotatable bonds is 7. The first-order valence-corrected chi connectivity index (χ1v) is 10.1. The molecule has 0 radical (unpaired) electrons. The monoisotopic (exact) mass is 391 g/mol. The maximum Gasteiger partial charge on any atom is 0.240 e. The summed E-state index contributed by atoms with van der Waals surface area (Å²) in [6, 6.07) is 16.2. The van der Waals surface area contributed by atoms with Gasteiger partial charge in [0.25, 0.3) is 0 Å². The molecule has 1 amide bonds. The zero-order valence-corrected chi connectivity index (χ0v) is 16.4. The van der Waals surface area contributed by atoms with Gasteiger partial charge in [0.1, 0.15) is 17.3 Å². The largest absolute Gasteiger partial charge is 0.467 e. The minimum absolute atomic E-state index is 0.0560. The summed E-state index contributed by atoms with van der Waals surface area (Å²) in [6.45, 7) is 2.74. The van der Waals surface area contributed by atoms with Crippen molar-refractivity contribution in [3.05, 3.63) is 84.1 Å². The quantitative estimate of drug-likeness (QED) is 0.470. The van der Waals surface area contributed by atoms with Gasteiger partial charge >= 0.3 is 0 Å². The molecule has 1 N–H and O–H groups in total. The summed E-state index contributed by atoms with van der Waals surface area (Å²) in [5.41, 5.74) is 3.54. The third kappa shape index (κ3) is 4.28. The fraction of sp³-hybridized carbons (Fsp3) is 0.182. The Bertz CT molecular complexity index is 1070. The molecular weight excluding hydrogens is 370 g/mol. The highest BCUT2D eigenvalue weighted by Crippen LogP contribution is 2.29. The van der Waals surface area contributed by atoms with Crippen molar-refractivity contribution in [2.24, 2.45) is 0 Å². The molecule has 1 aromatic carbocycles. The van der Waals surface area contributed by atoms with Gasteiger partial charge in [-0.2, -0.15) is 0 Å². The fourth-order valence-corrected chi connectivity index (χ4v) is 3.95. The number of thioether (sulfide) groups is 1. The van der Waals surface area contributed by atoms with E-state index in [-0.39, 0.29) is 12.5 Å². The number of furan rings is 1. The molecule has 3 heterocycles. The molecule has 4 rings (SSSR count). The number of hydrogen-bond donors (Lipinski definition) is 1. The molecule has 0 bridgehead atoms. The lowest BCUT2D eigenvalue weighted by molar-refractivity contribution is -0.121. The lowest BCUT2D eigenvalue weighted by Crippen LogP contribution is -2.26. The van der Waals surface area contributed by atoms with Crippen molar-refractivity contribution < 1.29 is 9.21 Å². The van der Waals surface area contributed by atoms with Crippen LogP contribution < -0.4 is 5.32 Å².